The molecule has 0 saturated heterocycles. The minimum atomic E-state index is -0.0186. The minimum absolute atomic E-state index is 0.0186. The molecule has 0 rings (SSSR count). The molecule has 2 heteroatoms. The summed E-state index contributed by atoms with van der Waals surface area (Å²) in [4.78, 5) is 0. The van der Waals surface area contributed by atoms with Gasteiger partial charge in [-0.15, -0.1) is 0 Å². The summed E-state index contributed by atoms with van der Waals surface area (Å²) in [6, 6.07) is 0. The van der Waals surface area contributed by atoms with Gasteiger partial charge >= 0.3 is 0 Å². The zero-order valence-corrected chi connectivity index (χ0v) is 10.4. The SMILES string of the molecule is CCCOC(OCCC)C(C)C(C)C. The van der Waals surface area contributed by atoms with Crippen molar-refractivity contribution in [2.45, 2.75) is 53.8 Å². The average Bonchev–Trinajstić information content (AvgIpc) is 2.17. The Morgan fingerprint density at radius 1 is 0.857 bits per heavy atom. The zero-order valence-electron chi connectivity index (χ0n) is 10.4. The summed E-state index contributed by atoms with van der Waals surface area (Å²) in [6.07, 6.45) is 2.09. The molecular weight excluding hydrogens is 176 g/mol. The fourth-order valence-corrected chi connectivity index (χ4v) is 1.13. The van der Waals surface area contributed by atoms with E-state index in [1.165, 1.54) is 0 Å². The summed E-state index contributed by atoms with van der Waals surface area (Å²) in [5.74, 6) is 1.07. The Morgan fingerprint density at radius 3 is 1.57 bits per heavy atom. The van der Waals surface area contributed by atoms with Crippen LogP contribution in [-0.4, -0.2) is 19.5 Å². The largest absolute Gasteiger partial charge is 0.352 e. The van der Waals surface area contributed by atoms with Gasteiger partial charge < -0.3 is 9.47 Å². The first-order valence-corrected chi connectivity index (χ1v) is 5.86. The summed E-state index contributed by atoms with van der Waals surface area (Å²) in [7, 11) is 0. The van der Waals surface area contributed by atoms with Crippen molar-refractivity contribution >= 4 is 0 Å². The molecule has 0 aliphatic carbocycles. The zero-order chi connectivity index (χ0) is 11.0. The van der Waals surface area contributed by atoms with Crippen molar-refractivity contribution < 1.29 is 9.47 Å². The van der Waals surface area contributed by atoms with Crippen LogP contribution in [0.3, 0.4) is 0 Å². The van der Waals surface area contributed by atoms with Gasteiger partial charge in [0.05, 0.1) is 0 Å². The monoisotopic (exact) mass is 202 g/mol. The molecule has 2 nitrogen and oxygen atoms in total. The van der Waals surface area contributed by atoms with E-state index >= 15 is 0 Å². The molecule has 0 N–H and O–H groups in total. The Labute approximate surface area is 89.0 Å². The molecule has 14 heavy (non-hydrogen) atoms. The second-order valence-electron chi connectivity index (χ2n) is 4.21. The Hall–Kier alpha value is -0.0800. The van der Waals surface area contributed by atoms with Crippen molar-refractivity contribution in [2.75, 3.05) is 13.2 Å². The van der Waals surface area contributed by atoms with E-state index in [4.69, 9.17) is 9.47 Å². The molecule has 0 aromatic carbocycles. The molecule has 1 unspecified atom stereocenters. The molecule has 1 atom stereocenters. The highest BCUT2D eigenvalue weighted by Crippen LogP contribution is 2.18. The average molecular weight is 202 g/mol. The van der Waals surface area contributed by atoms with E-state index in [0.717, 1.165) is 26.1 Å². The van der Waals surface area contributed by atoms with Gasteiger partial charge in [0.2, 0.25) is 0 Å². The molecule has 0 aromatic heterocycles. The van der Waals surface area contributed by atoms with Crippen molar-refractivity contribution in [1.29, 1.82) is 0 Å². The van der Waals surface area contributed by atoms with Crippen molar-refractivity contribution in [3.63, 3.8) is 0 Å². The first-order chi connectivity index (χ1) is 6.63. The molecule has 0 aliphatic rings. The third-order valence-corrected chi connectivity index (χ3v) is 2.45. The summed E-state index contributed by atoms with van der Waals surface area (Å²) in [6.45, 7) is 12.5. The lowest BCUT2D eigenvalue weighted by molar-refractivity contribution is -0.176. The van der Waals surface area contributed by atoms with E-state index in [1.807, 2.05) is 0 Å². The molecular formula is C12H26O2. The van der Waals surface area contributed by atoms with Crippen LogP contribution in [0.15, 0.2) is 0 Å². The predicted octanol–water partition coefficient (Wildman–Crippen LogP) is 3.46. The van der Waals surface area contributed by atoms with Gasteiger partial charge in [0, 0.05) is 19.1 Å². The van der Waals surface area contributed by atoms with E-state index in [2.05, 4.69) is 34.6 Å². The molecule has 0 aromatic rings. The smallest absolute Gasteiger partial charge is 0.160 e. The van der Waals surface area contributed by atoms with Crippen LogP contribution in [0.5, 0.6) is 0 Å². The molecule has 0 bridgehead atoms. The summed E-state index contributed by atoms with van der Waals surface area (Å²) >= 11 is 0. The second kappa shape index (κ2) is 8.25. The van der Waals surface area contributed by atoms with Gasteiger partial charge in [0.1, 0.15) is 0 Å². The lowest BCUT2D eigenvalue weighted by Gasteiger charge is -2.27. The predicted molar refractivity (Wildman–Crippen MR) is 60.3 cm³/mol. The Balaban J connectivity index is 3.94. The number of hydrogen-bond acceptors (Lipinski definition) is 2. The van der Waals surface area contributed by atoms with Crippen LogP contribution < -0.4 is 0 Å². The lowest BCUT2D eigenvalue weighted by atomic mass is 9.97. The highest BCUT2D eigenvalue weighted by atomic mass is 16.7. The van der Waals surface area contributed by atoms with Crippen LogP contribution in [0.2, 0.25) is 0 Å². The van der Waals surface area contributed by atoms with Crippen molar-refractivity contribution in [2.24, 2.45) is 11.8 Å². The standard InChI is InChI=1S/C12H26O2/c1-6-8-13-12(14-9-7-2)11(5)10(3)4/h10-12H,6-9H2,1-5H3. The molecule has 0 heterocycles. The molecule has 0 fully saturated rings. The minimum Gasteiger partial charge on any atom is -0.352 e. The van der Waals surface area contributed by atoms with E-state index in [9.17, 15) is 0 Å². The van der Waals surface area contributed by atoms with Crippen LogP contribution in [0, 0.1) is 11.8 Å². The first kappa shape index (κ1) is 13.9. The maximum absolute atomic E-state index is 5.69. The Bertz CT molecular complexity index is 115. The van der Waals surface area contributed by atoms with Crippen molar-refractivity contribution in [1.82, 2.24) is 0 Å². The quantitative estimate of drug-likeness (QED) is 0.561. The van der Waals surface area contributed by atoms with Gasteiger partial charge in [-0.3, -0.25) is 0 Å². The normalized spacial score (nSPS) is 13.9. The fraction of sp³-hybridized carbons (Fsp3) is 1.00. The Kier molecular flexibility index (Phi) is 8.20. The number of ether oxygens (including phenoxy) is 2. The van der Waals surface area contributed by atoms with Crippen LogP contribution in [0.25, 0.3) is 0 Å². The third-order valence-electron chi connectivity index (χ3n) is 2.45. The van der Waals surface area contributed by atoms with E-state index < -0.39 is 0 Å². The second-order valence-corrected chi connectivity index (χ2v) is 4.21. The van der Waals surface area contributed by atoms with Gasteiger partial charge in [-0.2, -0.15) is 0 Å². The van der Waals surface area contributed by atoms with Gasteiger partial charge in [-0.25, -0.2) is 0 Å². The van der Waals surface area contributed by atoms with Crippen LogP contribution >= 0.6 is 0 Å². The van der Waals surface area contributed by atoms with Gasteiger partial charge in [-0.1, -0.05) is 34.6 Å². The van der Waals surface area contributed by atoms with Crippen LogP contribution in [0.4, 0.5) is 0 Å². The molecule has 0 amide bonds. The van der Waals surface area contributed by atoms with E-state index in [0.29, 0.717) is 11.8 Å². The maximum atomic E-state index is 5.69. The molecule has 0 radical (unpaired) electrons. The van der Waals surface area contributed by atoms with E-state index in [1.54, 1.807) is 0 Å². The number of rotatable bonds is 8. The molecule has 86 valence electrons. The molecule has 0 aliphatic heterocycles. The summed E-state index contributed by atoms with van der Waals surface area (Å²) < 4.78 is 11.4. The van der Waals surface area contributed by atoms with Gasteiger partial charge in [-0.05, 0) is 18.8 Å². The van der Waals surface area contributed by atoms with Crippen molar-refractivity contribution in [3.8, 4) is 0 Å². The fourth-order valence-electron chi connectivity index (χ4n) is 1.13. The van der Waals surface area contributed by atoms with Crippen LogP contribution in [0.1, 0.15) is 47.5 Å². The maximum Gasteiger partial charge on any atom is 0.160 e. The van der Waals surface area contributed by atoms with E-state index in [-0.39, 0.29) is 6.29 Å². The highest BCUT2D eigenvalue weighted by molar-refractivity contribution is 4.61. The topological polar surface area (TPSA) is 18.5 Å². The van der Waals surface area contributed by atoms with Crippen LogP contribution in [-0.2, 0) is 9.47 Å². The van der Waals surface area contributed by atoms with Gasteiger partial charge in [0.15, 0.2) is 6.29 Å². The van der Waals surface area contributed by atoms with Gasteiger partial charge in [0.25, 0.3) is 0 Å². The molecule has 0 saturated carbocycles. The van der Waals surface area contributed by atoms with Crippen molar-refractivity contribution in [3.05, 3.63) is 0 Å². The summed E-state index contributed by atoms with van der Waals surface area (Å²) in [5.41, 5.74) is 0. The summed E-state index contributed by atoms with van der Waals surface area (Å²) in [5, 5.41) is 0. The highest BCUT2D eigenvalue weighted by Gasteiger charge is 2.20. The lowest BCUT2D eigenvalue weighted by Crippen LogP contribution is -2.29. The third kappa shape index (κ3) is 5.61. The Morgan fingerprint density at radius 2 is 1.29 bits per heavy atom. The first-order valence-electron chi connectivity index (χ1n) is 5.86. The molecule has 0 spiro atoms. The number of hydrogen-bond donors (Lipinski definition) is 0.